The van der Waals surface area contributed by atoms with E-state index in [0.29, 0.717) is 34.0 Å². The minimum atomic E-state index is 0.502. The first-order valence-corrected chi connectivity index (χ1v) is 7.65. The maximum atomic E-state index is 6.15. The van der Waals surface area contributed by atoms with Crippen molar-refractivity contribution in [1.82, 2.24) is 15.0 Å². The zero-order valence-corrected chi connectivity index (χ0v) is 13.5. The second-order valence-electron chi connectivity index (χ2n) is 4.70. The molecule has 0 atom stereocenters. The Labute approximate surface area is 143 Å². The Morgan fingerprint density at radius 1 is 0.957 bits per heavy atom. The molecule has 7 heteroatoms. The lowest BCUT2D eigenvalue weighted by Gasteiger charge is -2.11. The zero-order chi connectivity index (χ0) is 16.1. The zero-order valence-electron chi connectivity index (χ0n) is 12.0. The van der Waals surface area contributed by atoms with Gasteiger partial charge in [-0.15, -0.1) is 0 Å². The van der Waals surface area contributed by atoms with Crippen LogP contribution in [0.1, 0.15) is 5.56 Å². The summed E-state index contributed by atoms with van der Waals surface area (Å²) in [5.74, 6) is 1.10. The lowest BCUT2D eigenvalue weighted by atomic mass is 10.3. The number of aromatic nitrogens is 3. The van der Waals surface area contributed by atoms with Crippen LogP contribution in [0.3, 0.4) is 0 Å². The molecule has 0 bridgehead atoms. The number of anilines is 3. The quantitative estimate of drug-likeness (QED) is 0.710. The highest BCUT2D eigenvalue weighted by Crippen LogP contribution is 2.32. The Morgan fingerprint density at radius 2 is 1.78 bits per heavy atom. The first kappa shape index (κ1) is 15.5. The van der Waals surface area contributed by atoms with Crippen LogP contribution in [-0.2, 0) is 6.54 Å². The van der Waals surface area contributed by atoms with E-state index in [2.05, 4.69) is 25.6 Å². The highest BCUT2D eigenvalue weighted by Gasteiger charge is 2.07. The highest BCUT2D eigenvalue weighted by molar-refractivity contribution is 6.39. The monoisotopic (exact) mass is 345 g/mol. The Kier molecular flexibility index (Phi) is 4.90. The van der Waals surface area contributed by atoms with Gasteiger partial charge in [0.05, 0.1) is 15.7 Å². The van der Waals surface area contributed by atoms with Crippen molar-refractivity contribution in [2.45, 2.75) is 6.54 Å². The molecule has 0 saturated heterocycles. The van der Waals surface area contributed by atoms with Gasteiger partial charge in [-0.3, -0.25) is 4.98 Å². The SMILES string of the molecule is Clc1cccc(Cl)c1Nc1ccnc(NCc2cccnc2)n1. The number of hydrogen-bond donors (Lipinski definition) is 2. The van der Waals surface area contributed by atoms with Crippen molar-refractivity contribution >= 4 is 40.7 Å². The van der Waals surface area contributed by atoms with Gasteiger partial charge in [0, 0.05) is 25.1 Å². The second kappa shape index (κ2) is 7.26. The molecule has 3 aromatic rings. The first-order valence-electron chi connectivity index (χ1n) is 6.89. The van der Waals surface area contributed by atoms with E-state index in [9.17, 15) is 0 Å². The van der Waals surface area contributed by atoms with Crippen LogP contribution >= 0.6 is 23.2 Å². The number of hydrogen-bond acceptors (Lipinski definition) is 5. The van der Waals surface area contributed by atoms with E-state index in [1.807, 2.05) is 12.1 Å². The van der Waals surface area contributed by atoms with Gasteiger partial charge in [0.25, 0.3) is 0 Å². The Bertz CT molecular complexity index is 775. The largest absolute Gasteiger partial charge is 0.350 e. The van der Waals surface area contributed by atoms with Gasteiger partial charge >= 0.3 is 0 Å². The minimum absolute atomic E-state index is 0.502. The molecule has 116 valence electrons. The van der Waals surface area contributed by atoms with Gasteiger partial charge in [0.1, 0.15) is 5.82 Å². The molecule has 3 rings (SSSR count). The van der Waals surface area contributed by atoms with Crippen LogP contribution in [-0.4, -0.2) is 15.0 Å². The normalized spacial score (nSPS) is 10.3. The molecule has 0 fully saturated rings. The predicted octanol–water partition coefficient (Wildman–Crippen LogP) is 4.53. The van der Waals surface area contributed by atoms with E-state index in [0.717, 1.165) is 5.56 Å². The van der Waals surface area contributed by atoms with E-state index in [-0.39, 0.29) is 0 Å². The molecular weight excluding hydrogens is 333 g/mol. The molecule has 0 spiro atoms. The van der Waals surface area contributed by atoms with Gasteiger partial charge in [-0.05, 0) is 29.8 Å². The van der Waals surface area contributed by atoms with Crippen LogP contribution in [0, 0.1) is 0 Å². The van der Waals surface area contributed by atoms with Gasteiger partial charge in [-0.1, -0.05) is 35.3 Å². The molecule has 2 heterocycles. The molecule has 2 aromatic heterocycles. The second-order valence-corrected chi connectivity index (χ2v) is 5.52. The lowest BCUT2D eigenvalue weighted by molar-refractivity contribution is 1.04. The van der Waals surface area contributed by atoms with Crippen molar-refractivity contribution in [1.29, 1.82) is 0 Å². The van der Waals surface area contributed by atoms with Gasteiger partial charge < -0.3 is 10.6 Å². The summed E-state index contributed by atoms with van der Waals surface area (Å²) in [4.78, 5) is 12.7. The van der Waals surface area contributed by atoms with Crippen molar-refractivity contribution in [2.24, 2.45) is 0 Å². The van der Waals surface area contributed by atoms with E-state index in [1.54, 1.807) is 42.9 Å². The molecule has 0 saturated carbocycles. The average molecular weight is 346 g/mol. The smallest absolute Gasteiger partial charge is 0.224 e. The molecule has 0 aliphatic carbocycles. The van der Waals surface area contributed by atoms with Gasteiger partial charge in [-0.25, -0.2) is 4.98 Å². The Morgan fingerprint density at radius 3 is 2.52 bits per heavy atom. The van der Waals surface area contributed by atoms with E-state index in [1.165, 1.54) is 0 Å². The fraction of sp³-hybridized carbons (Fsp3) is 0.0625. The first-order chi connectivity index (χ1) is 11.2. The summed E-state index contributed by atoms with van der Waals surface area (Å²) in [6.07, 6.45) is 5.18. The number of pyridine rings is 1. The summed E-state index contributed by atoms with van der Waals surface area (Å²) < 4.78 is 0. The molecule has 0 radical (unpaired) electrons. The molecule has 0 aliphatic rings. The Balaban J connectivity index is 1.72. The van der Waals surface area contributed by atoms with Crippen molar-refractivity contribution in [3.05, 3.63) is 70.6 Å². The topological polar surface area (TPSA) is 62.7 Å². The third kappa shape index (κ3) is 4.09. The summed E-state index contributed by atoms with van der Waals surface area (Å²) in [6.45, 7) is 0.587. The lowest BCUT2D eigenvalue weighted by Crippen LogP contribution is -2.05. The number of nitrogens with one attached hydrogen (secondary N) is 2. The van der Waals surface area contributed by atoms with Gasteiger partial charge in [0.2, 0.25) is 5.95 Å². The van der Waals surface area contributed by atoms with Crippen LogP contribution in [0.2, 0.25) is 10.0 Å². The van der Waals surface area contributed by atoms with Crippen LogP contribution < -0.4 is 10.6 Å². The number of nitrogens with zero attached hydrogens (tertiary/aromatic N) is 3. The van der Waals surface area contributed by atoms with E-state index >= 15 is 0 Å². The number of rotatable bonds is 5. The number of para-hydroxylation sites is 1. The van der Waals surface area contributed by atoms with Crippen molar-refractivity contribution in [3.63, 3.8) is 0 Å². The maximum Gasteiger partial charge on any atom is 0.224 e. The summed E-state index contributed by atoms with van der Waals surface area (Å²) in [6, 6.07) is 10.9. The van der Waals surface area contributed by atoms with Crippen LogP contribution in [0.25, 0.3) is 0 Å². The summed E-state index contributed by atoms with van der Waals surface area (Å²) >= 11 is 12.3. The molecule has 1 aromatic carbocycles. The fourth-order valence-electron chi connectivity index (χ4n) is 1.94. The summed E-state index contributed by atoms with van der Waals surface area (Å²) in [7, 11) is 0. The minimum Gasteiger partial charge on any atom is -0.350 e. The average Bonchev–Trinajstić information content (AvgIpc) is 2.58. The molecule has 0 unspecified atom stereocenters. The van der Waals surface area contributed by atoms with Crippen molar-refractivity contribution in [2.75, 3.05) is 10.6 Å². The maximum absolute atomic E-state index is 6.15. The van der Waals surface area contributed by atoms with Gasteiger partial charge in [0.15, 0.2) is 0 Å². The van der Waals surface area contributed by atoms with Crippen LogP contribution in [0.4, 0.5) is 17.5 Å². The van der Waals surface area contributed by atoms with Crippen LogP contribution in [0.5, 0.6) is 0 Å². The fourth-order valence-corrected chi connectivity index (χ4v) is 2.43. The van der Waals surface area contributed by atoms with E-state index < -0.39 is 0 Å². The van der Waals surface area contributed by atoms with Crippen molar-refractivity contribution < 1.29 is 0 Å². The molecule has 0 aliphatic heterocycles. The van der Waals surface area contributed by atoms with Gasteiger partial charge in [-0.2, -0.15) is 4.98 Å². The third-order valence-corrected chi connectivity index (χ3v) is 3.67. The number of benzene rings is 1. The summed E-state index contributed by atoms with van der Waals surface area (Å²) in [5, 5.41) is 7.32. The highest BCUT2D eigenvalue weighted by atomic mass is 35.5. The van der Waals surface area contributed by atoms with Crippen molar-refractivity contribution in [3.8, 4) is 0 Å². The molecule has 23 heavy (non-hydrogen) atoms. The third-order valence-electron chi connectivity index (χ3n) is 3.04. The Hall–Kier alpha value is -2.37. The number of halogens is 2. The molecular formula is C16H13Cl2N5. The summed E-state index contributed by atoms with van der Waals surface area (Å²) in [5.41, 5.74) is 1.66. The molecule has 2 N–H and O–H groups in total. The molecule has 5 nitrogen and oxygen atoms in total. The predicted molar refractivity (Wildman–Crippen MR) is 93.3 cm³/mol. The standard InChI is InChI=1S/C16H13Cl2N5/c17-12-4-1-5-13(18)15(12)22-14-6-8-20-16(23-14)21-10-11-3-2-7-19-9-11/h1-9H,10H2,(H2,20,21,22,23). The molecule has 0 amide bonds. The van der Waals surface area contributed by atoms with Crippen LogP contribution in [0.15, 0.2) is 55.0 Å². The van der Waals surface area contributed by atoms with E-state index in [4.69, 9.17) is 23.2 Å².